The molecule has 15 heavy (non-hydrogen) atoms. The van der Waals surface area contributed by atoms with Gasteiger partial charge in [0, 0.05) is 11.6 Å². The van der Waals surface area contributed by atoms with Crippen LogP contribution in [-0.2, 0) is 6.42 Å². The van der Waals surface area contributed by atoms with Crippen LogP contribution in [0.25, 0.3) is 0 Å². The summed E-state index contributed by atoms with van der Waals surface area (Å²) in [6.07, 6.45) is 4.24. The first kappa shape index (κ1) is 10.8. The second kappa shape index (κ2) is 4.05. The first-order valence-electron chi connectivity index (χ1n) is 5.38. The normalized spacial score (nSPS) is 20.0. The largest absolute Gasteiger partial charge is 0.508 e. The first-order valence-corrected chi connectivity index (χ1v) is 6.17. The third-order valence-corrected chi connectivity index (χ3v) is 4.13. The van der Waals surface area contributed by atoms with Gasteiger partial charge >= 0.3 is 0 Å². The van der Waals surface area contributed by atoms with E-state index in [1.54, 1.807) is 0 Å². The Morgan fingerprint density at radius 2 is 2.13 bits per heavy atom. The highest BCUT2D eigenvalue weighted by Crippen LogP contribution is 2.45. The van der Waals surface area contributed by atoms with Crippen molar-refractivity contribution in [2.45, 2.75) is 38.5 Å². The van der Waals surface area contributed by atoms with Crippen LogP contribution < -0.4 is 0 Å². The maximum atomic E-state index is 9.88. The van der Waals surface area contributed by atoms with E-state index in [1.165, 1.54) is 6.07 Å². The molecule has 0 unspecified atom stereocenters. The number of rotatable bonds is 1. The Bertz CT molecular complexity index is 388. The van der Waals surface area contributed by atoms with Gasteiger partial charge < -0.3 is 10.2 Å². The summed E-state index contributed by atoms with van der Waals surface area (Å²) in [7, 11) is 0. The summed E-state index contributed by atoms with van der Waals surface area (Å²) in [5, 5.41) is 19.5. The van der Waals surface area contributed by atoms with E-state index < -0.39 is 0 Å². The van der Waals surface area contributed by atoms with Gasteiger partial charge in [0.1, 0.15) is 11.5 Å². The SMILES string of the molecule is CC[C@@H]1CCCc2c(Br)c(O)cc(O)c21. The third kappa shape index (κ3) is 1.73. The fourth-order valence-corrected chi connectivity index (χ4v) is 3.00. The van der Waals surface area contributed by atoms with Crippen LogP contribution in [-0.4, -0.2) is 10.2 Å². The molecule has 1 atom stereocenters. The molecule has 82 valence electrons. The van der Waals surface area contributed by atoms with Gasteiger partial charge in [0.05, 0.1) is 4.47 Å². The van der Waals surface area contributed by atoms with Gasteiger partial charge in [0.15, 0.2) is 0 Å². The minimum absolute atomic E-state index is 0.142. The van der Waals surface area contributed by atoms with Crippen molar-refractivity contribution in [3.05, 3.63) is 21.7 Å². The molecule has 2 nitrogen and oxygen atoms in total. The molecule has 1 aliphatic carbocycles. The summed E-state index contributed by atoms with van der Waals surface area (Å²) in [5.74, 6) is 0.825. The van der Waals surface area contributed by atoms with Gasteiger partial charge in [-0.15, -0.1) is 0 Å². The minimum atomic E-state index is 0.142. The molecule has 3 heteroatoms. The quantitative estimate of drug-likeness (QED) is 0.817. The van der Waals surface area contributed by atoms with Crippen molar-refractivity contribution < 1.29 is 10.2 Å². The van der Waals surface area contributed by atoms with Gasteiger partial charge in [-0.2, -0.15) is 0 Å². The van der Waals surface area contributed by atoms with Gasteiger partial charge in [0.2, 0.25) is 0 Å². The van der Waals surface area contributed by atoms with Crippen molar-refractivity contribution in [1.29, 1.82) is 0 Å². The zero-order valence-electron chi connectivity index (χ0n) is 8.76. The number of aromatic hydroxyl groups is 2. The summed E-state index contributed by atoms with van der Waals surface area (Å²) in [4.78, 5) is 0. The van der Waals surface area contributed by atoms with E-state index in [9.17, 15) is 10.2 Å². The highest BCUT2D eigenvalue weighted by Gasteiger charge is 2.25. The molecule has 0 radical (unpaired) electrons. The number of halogens is 1. The van der Waals surface area contributed by atoms with Crippen LogP contribution in [0.15, 0.2) is 10.5 Å². The summed E-state index contributed by atoms with van der Waals surface area (Å²) >= 11 is 3.40. The van der Waals surface area contributed by atoms with Crippen molar-refractivity contribution in [2.24, 2.45) is 0 Å². The van der Waals surface area contributed by atoms with Crippen LogP contribution in [0.3, 0.4) is 0 Å². The van der Waals surface area contributed by atoms with E-state index >= 15 is 0 Å². The molecular weight excluding hydrogens is 256 g/mol. The Kier molecular flexibility index (Phi) is 2.91. The van der Waals surface area contributed by atoms with E-state index in [4.69, 9.17) is 0 Å². The van der Waals surface area contributed by atoms with Crippen LogP contribution in [0.4, 0.5) is 0 Å². The topological polar surface area (TPSA) is 40.5 Å². The predicted molar refractivity (Wildman–Crippen MR) is 63.4 cm³/mol. The molecule has 0 saturated heterocycles. The molecule has 0 saturated carbocycles. The molecule has 1 aromatic carbocycles. The van der Waals surface area contributed by atoms with E-state index in [2.05, 4.69) is 22.9 Å². The third-order valence-electron chi connectivity index (χ3n) is 3.24. The Balaban J connectivity index is 2.61. The fraction of sp³-hybridized carbons (Fsp3) is 0.500. The Labute approximate surface area is 98.1 Å². The van der Waals surface area contributed by atoms with Crippen molar-refractivity contribution >= 4 is 15.9 Å². The molecule has 0 aromatic heterocycles. The second-order valence-corrected chi connectivity index (χ2v) is 4.91. The maximum Gasteiger partial charge on any atom is 0.133 e. The van der Waals surface area contributed by atoms with E-state index in [-0.39, 0.29) is 11.5 Å². The number of phenols is 2. The maximum absolute atomic E-state index is 9.88. The fourth-order valence-electron chi connectivity index (χ4n) is 2.48. The van der Waals surface area contributed by atoms with Crippen molar-refractivity contribution in [1.82, 2.24) is 0 Å². The van der Waals surface area contributed by atoms with E-state index in [1.807, 2.05) is 0 Å². The minimum Gasteiger partial charge on any atom is -0.508 e. The lowest BCUT2D eigenvalue weighted by atomic mass is 9.81. The molecule has 0 fully saturated rings. The van der Waals surface area contributed by atoms with Crippen LogP contribution in [0.1, 0.15) is 43.2 Å². The first-order chi connectivity index (χ1) is 7.15. The lowest BCUT2D eigenvalue weighted by molar-refractivity contribution is 0.424. The molecule has 0 heterocycles. The molecule has 1 aromatic rings. The highest BCUT2D eigenvalue weighted by molar-refractivity contribution is 9.10. The molecule has 2 rings (SSSR count). The molecular formula is C12H15BrO2. The molecule has 0 spiro atoms. The standard InChI is InChI=1S/C12H15BrO2/c1-2-7-4-3-5-8-11(7)9(14)6-10(15)12(8)13/h6-7,14-15H,2-5H2,1H3/t7-/m1/s1. The van der Waals surface area contributed by atoms with Gasteiger partial charge in [-0.05, 0) is 53.1 Å². The van der Waals surface area contributed by atoms with E-state index in [0.29, 0.717) is 5.92 Å². The van der Waals surface area contributed by atoms with Gasteiger partial charge in [-0.3, -0.25) is 0 Å². The van der Waals surface area contributed by atoms with Gasteiger partial charge in [-0.25, -0.2) is 0 Å². The van der Waals surface area contributed by atoms with Gasteiger partial charge in [0.25, 0.3) is 0 Å². The average molecular weight is 271 g/mol. The monoisotopic (exact) mass is 270 g/mol. The number of fused-ring (bicyclic) bond motifs is 1. The number of hydrogen-bond donors (Lipinski definition) is 2. The lowest BCUT2D eigenvalue weighted by Crippen LogP contribution is -2.10. The zero-order valence-corrected chi connectivity index (χ0v) is 10.3. The molecule has 1 aliphatic rings. The van der Waals surface area contributed by atoms with Crippen molar-refractivity contribution in [3.8, 4) is 11.5 Å². The van der Waals surface area contributed by atoms with Crippen LogP contribution >= 0.6 is 15.9 Å². The lowest BCUT2D eigenvalue weighted by Gasteiger charge is -2.26. The van der Waals surface area contributed by atoms with Crippen molar-refractivity contribution in [2.75, 3.05) is 0 Å². The number of hydrogen-bond acceptors (Lipinski definition) is 2. The van der Waals surface area contributed by atoms with Gasteiger partial charge in [-0.1, -0.05) is 6.92 Å². The number of benzene rings is 1. The van der Waals surface area contributed by atoms with Crippen LogP contribution in [0, 0.1) is 0 Å². The summed E-state index contributed by atoms with van der Waals surface area (Å²) in [6, 6.07) is 1.44. The summed E-state index contributed by atoms with van der Waals surface area (Å²) < 4.78 is 0.758. The van der Waals surface area contributed by atoms with E-state index in [0.717, 1.165) is 41.3 Å². The molecule has 2 N–H and O–H groups in total. The number of phenolic OH excluding ortho intramolecular Hbond substituents is 2. The molecule has 0 aliphatic heterocycles. The average Bonchev–Trinajstić information content (AvgIpc) is 2.25. The summed E-state index contributed by atoms with van der Waals surface area (Å²) in [6.45, 7) is 2.14. The Morgan fingerprint density at radius 3 is 2.80 bits per heavy atom. The molecule has 0 bridgehead atoms. The predicted octanol–water partition coefficient (Wildman–Crippen LogP) is 3.69. The van der Waals surface area contributed by atoms with Crippen LogP contribution in [0.2, 0.25) is 0 Å². The van der Waals surface area contributed by atoms with Crippen LogP contribution in [0.5, 0.6) is 11.5 Å². The summed E-state index contributed by atoms with van der Waals surface area (Å²) in [5.41, 5.74) is 2.12. The Morgan fingerprint density at radius 1 is 1.40 bits per heavy atom. The Hall–Kier alpha value is -0.700. The molecule has 0 amide bonds. The highest BCUT2D eigenvalue weighted by atomic mass is 79.9. The zero-order chi connectivity index (χ0) is 11.0. The smallest absolute Gasteiger partial charge is 0.133 e. The van der Waals surface area contributed by atoms with Crippen molar-refractivity contribution in [3.63, 3.8) is 0 Å². The second-order valence-electron chi connectivity index (χ2n) is 4.12.